The predicted octanol–water partition coefficient (Wildman–Crippen LogP) is 2.78. The fourth-order valence-corrected chi connectivity index (χ4v) is 3.31. The first kappa shape index (κ1) is 17.5. The lowest BCUT2D eigenvalue weighted by Crippen LogP contribution is -2.47. The number of hydrogen-bond acceptors (Lipinski definition) is 6. The Morgan fingerprint density at radius 1 is 0.926 bits per heavy atom. The van der Waals surface area contributed by atoms with Crippen molar-refractivity contribution in [3.63, 3.8) is 0 Å². The Morgan fingerprint density at radius 2 is 1.59 bits per heavy atom. The standard InChI is InChI=1S/C20H22FN5O/c21-16-8-4-5-9-18(16)25-10-12-26(13-11-25)20-24-23-19(27-20)17(22)14-15-6-2-1-3-7-15/h1-9,17H,10-14,22H2/t17-/m1/s1. The molecule has 0 spiro atoms. The van der Waals surface area contributed by atoms with E-state index in [4.69, 9.17) is 10.2 Å². The molecule has 6 nitrogen and oxygen atoms in total. The summed E-state index contributed by atoms with van der Waals surface area (Å²) < 4.78 is 19.8. The molecule has 2 heterocycles. The van der Waals surface area contributed by atoms with Crippen LogP contribution in [0, 0.1) is 5.82 Å². The summed E-state index contributed by atoms with van der Waals surface area (Å²) in [5.41, 5.74) is 7.98. The van der Waals surface area contributed by atoms with Gasteiger partial charge < -0.3 is 20.0 Å². The summed E-state index contributed by atoms with van der Waals surface area (Å²) in [4.78, 5) is 4.05. The van der Waals surface area contributed by atoms with Crippen molar-refractivity contribution in [1.82, 2.24) is 10.2 Å². The van der Waals surface area contributed by atoms with Crippen LogP contribution < -0.4 is 15.5 Å². The predicted molar refractivity (Wildman–Crippen MR) is 102 cm³/mol. The third kappa shape index (κ3) is 3.93. The summed E-state index contributed by atoms with van der Waals surface area (Å²) in [6, 6.07) is 17.0. The molecule has 1 saturated heterocycles. The van der Waals surface area contributed by atoms with E-state index in [0.29, 0.717) is 50.2 Å². The number of halogens is 1. The average Bonchev–Trinajstić information content (AvgIpc) is 3.20. The van der Waals surface area contributed by atoms with Crippen molar-refractivity contribution in [3.05, 3.63) is 71.9 Å². The second kappa shape index (κ2) is 7.75. The van der Waals surface area contributed by atoms with E-state index in [9.17, 15) is 4.39 Å². The van der Waals surface area contributed by atoms with Crippen molar-refractivity contribution >= 4 is 11.7 Å². The summed E-state index contributed by atoms with van der Waals surface area (Å²) in [7, 11) is 0. The second-order valence-electron chi connectivity index (χ2n) is 6.64. The van der Waals surface area contributed by atoms with Crippen molar-refractivity contribution in [3.8, 4) is 0 Å². The van der Waals surface area contributed by atoms with Gasteiger partial charge in [-0.05, 0) is 24.1 Å². The van der Waals surface area contributed by atoms with Gasteiger partial charge in [0.2, 0.25) is 5.89 Å². The fraction of sp³-hybridized carbons (Fsp3) is 0.300. The Bertz CT molecular complexity index is 877. The molecular weight excluding hydrogens is 345 g/mol. The van der Waals surface area contributed by atoms with Crippen LogP contribution in [0.1, 0.15) is 17.5 Å². The van der Waals surface area contributed by atoms with Gasteiger partial charge in [-0.3, -0.25) is 0 Å². The Labute approximate surface area is 157 Å². The van der Waals surface area contributed by atoms with E-state index in [0.717, 1.165) is 5.56 Å². The Balaban J connectivity index is 1.37. The molecule has 27 heavy (non-hydrogen) atoms. The lowest BCUT2D eigenvalue weighted by Gasteiger charge is -2.35. The lowest BCUT2D eigenvalue weighted by molar-refractivity contribution is 0.438. The highest BCUT2D eigenvalue weighted by atomic mass is 19.1. The van der Waals surface area contributed by atoms with Crippen LogP contribution in [0.25, 0.3) is 0 Å². The van der Waals surface area contributed by atoms with Gasteiger partial charge in [0.15, 0.2) is 0 Å². The molecule has 0 aliphatic carbocycles. The Kier molecular flexibility index (Phi) is 5.02. The van der Waals surface area contributed by atoms with Crippen molar-refractivity contribution in [2.75, 3.05) is 36.0 Å². The van der Waals surface area contributed by atoms with Crippen LogP contribution in [0.3, 0.4) is 0 Å². The second-order valence-corrected chi connectivity index (χ2v) is 6.64. The smallest absolute Gasteiger partial charge is 0.318 e. The number of benzene rings is 2. The fourth-order valence-electron chi connectivity index (χ4n) is 3.31. The van der Waals surface area contributed by atoms with Crippen LogP contribution >= 0.6 is 0 Å². The van der Waals surface area contributed by atoms with Crippen molar-refractivity contribution < 1.29 is 8.81 Å². The number of piperazine rings is 1. The lowest BCUT2D eigenvalue weighted by atomic mass is 10.1. The monoisotopic (exact) mass is 367 g/mol. The summed E-state index contributed by atoms with van der Waals surface area (Å²) >= 11 is 0. The first-order valence-corrected chi connectivity index (χ1v) is 9.08. The van der Waals surface area contributed by atoms with E-state index in [2.05, 4.69) is 10.2 Å². The molecule has 3 aromatic rings. The highest BCUT2D eigenvalue weighted by Gasteiger charge is 2.24. The molecule has 4 rings (SSSR count). The third-order valence-corrected chi connectivity index (χ3v) is 4.79. The zero-order valence-electron chi connectivity index (χ0n) is 15.0. The van der Waals surface area contributed by atoms with Crippen molar-refractivity contribution in [2.45, 2.75) is 12.5 Å². The van der Waals surface area contributed by atoms with Gasteiger partial charge in [-0.2, -0.15) is 0 Å². The van der Waals surface area contributed by atoms with Crippen LogP contribution in [0.4, 0.5) is 16.1 Å². The van der Waals surface area contributed by atoms with E-state index in [1.807, 2.05) is 46.2 Å². The number of nitrogens with zero attached hydrogens (tertiary/aromatic N) is 4. The van der Waals surface area contributed by atoms with Gasteiger partial charge in [-0.1, -0.05) is 47.6 Å². The first-order chi connectivity index (χ1) is 13.2. The van der Waals surface area contributed by atoms with Gasteiger partial charge in [-0.25, -0.2) is 4.39 Å². The molecule has 1 fully saturated rings. The quantitative estimate of drug-likeness (QED) is 0.748. The minimum atomic E-state index is -0.339. The van der Waals surface area contributed by atoms with Crippen LogP contribution in [0.2, 0.25) is 0 Å². The summed E-state index contributed by atoms with van der Waals surface area (Å²) in [6.45, 7) is 2.75. The highest BCUT2D eigenvalue weighted by molar-refractivity contribution is 5.49. The molecule has 0 saturated carbocycles. The van der Waals surface area contributed by atoms with E-state index < -0.39 is 0 Å². The number of nitrogens with two attached hydrogens (primary N) is 1. The average molecular weight is 367 g/mol. The molecule has 0 amide bonds. The maximum absolute atomic E-state index is 14.0. The summed E-state index contributed by atoms with van der Waals surface area (Å²) in [5, 5.41) is 8.28. The zero-order valence-corrected chi connectivity index (χ0v) is 15.0. The molecule has 140 valence electrons. The molecule has 1 aliphatic rings. The van der Waals surface area contributed by atoms with Gasteiger partial charge in [-0.15, -0.1) is 5.10 Å². The van der Waals surface area contributed by atoms with Crippen LogP contribution in [-0.2, 0) is 6.42 Å². The number of aromatic nitrogens is 2. The normalized spacial score (nSPS) is 15.8. The van der Waals surface area contributed by atoms with E-state index in [1.165, 1.54) is 6.07 Å². The number of rotatable bonds is 5. The topological polar surface area (TPSA) is 71.4 Å². The van der Waals surface area contributed by atoms with Crippen molar-refractivity contribution in [2.24, 2.45) is 5.73 Å². The van der Waals surface area contributed by atoms with Crippen molar-refractivity contribution in [1.29, 1.82) is 0 Å². The number of hydrogen-bond donors (Lipinski definition) is 1. The molecular formula is C20H22FN5O. The van der Waals surface area contributed by atoms with Gasteiger partial charge in [0.25, 0.3) is 0 Å². The maximum Gasteiger partial charge on any atom is 0.318 e. The van der Waals surface area contributed by atoms with Crippen LogP contribution in [-0.4, -0.2) is 36.4 Å². The molecule has 7 heteroatoms. The van der Waals surface area contributed by atoms with Gasteiger partial charge >= 0.3 is 6.01 Å². The van der Waals surface area contributed by atoms with Crippen LogP contribution in [0.15, 0.2) is 59.0 Å². The van der Waals surface area contributed by atoms with Gasteiger partial charge in [0.1, 0.15) is 5.82 Å². The van der Waals surface area contributed by atoms with Crippen LogP contribution in [0.5, 0.6) is 0 Å². The molecule has 0 unspecified atom stereocenters. The Hall–Kier alpha value is -2.93. The minimum absolute atomic E-state index is 0.196. The van der Waals surface area contributed by atoms with Gasteiger partial charge in [0.05, 0.1) is 11.7 Å². The molecule has 1 aromatic heterocycles. The molecule has 0 radical (unpaired) electrons. The zero-order chi connectivity index (χ0) is 18.6. The van der Waals surface area contributed by atoms with Gasteiger partial charge in [0, 0.05) is 26.2 Å². The highest BCUT2D eigenvalue weighted by Crippen LogP contribution is 2.23. The SMILES string of the molecule is N[C@H](Cc1ccccc1)c1nnc(N2CCN(c3ccccc3F)CC2)o1. The Morgan fingerprint density at radius 3 is 2.33 bits per heavy atom. The molecule has 1 atom stereocenters. The molecule has 0 bridgehead atoms. The minimum Gasteiger partial charge on any atom is -0.406 e. The number of para-hydroxylation sites is 1. The summed E-state index contributed by atoms with van der Waals surface area (Å²) in [5.74, 6) is 0.239. The molecule has 2 aromatic carbocycles. The first-order valence-electron chi connectivity index (χ1n) is 9.08. The van der Waals surface area contributed by atoms with E-state index >= 15 is 0 Å². The largest absolute Gasteiger partial charge is 0.406 e. The maximum atomic E-state index is 14.0. The summed E-state index contributed by atoms with van der Waals surface area (Å²) in [6.07, 6.45) is 0.642. The van der Waals surface area contributed by atoms with E-state index in [-0.39, 0.29) is 11.9 Å². The van der Waals surface area contributed by atoms with E-state index in [1.54, 1.807) is 12.1 Å². The number of anilines is 2. The molecule has 2 N–H and O–H groups in total. The third-order valence-electron chi connectivity index (χ3n) is 4.79. The molecule has 1 aliphatic heterocycles.